The van der Waals surface area contributed by atoms with Gasteiger partial charge in [-0.1, -0.05) is 18.9 Å². The van der Waals surface area contributed by atoms with Crippen LogP contribution in [0.5, 0.6) is 0 Å². The summed E-state index contributed by atoms with van der Waals surface area (Å²) < 4.78 is 60.3. The molecule has 1 saturated heterocycles. The molecule has 3 rings (SSSR count). The highest BCUT2D eigenvalue weighted by Crippen LogP contribution is 2.36. The molecule has 1 aliphatic rings. The summed E-state index contributed by atoms with van der Waals surface area (Å²) in [5.41, 5.74) is 0. The Morgan fingerprint density at radius 1 is 1.04 bits per heavy atom. The van der Waals surface area contributed by atoms with Crippen LogP contribution in [-0.2, 0) is 10.0 Å². The van der Waals surface area contributed by atoms with Crippen molar-refractivity contribution in [3.63, 3.8) is 0 Å². The summed E-state index contributed by atoms with van der Waals surface area (Å²) in [4.78, 5) is -0.890. The van der Waals surface area contributed by atoms with Crippen LogP contribution in [0.15, 0.2) is 45.9 Å². The molecule has 4 nitrogen and oxygen atoms in total. The van der Waals surface area contributed by atoms with Gasteiger partial charge in [0, 0.05) is 6.54 Å². The summed E-state index contributed by atoms with van der Waals surface area (Å²) in [6.45, 7) is 0.210. The second-order valence-corrected chi connectivity index (χ2v) is 7.37. The van der Waals surface area contributed by atoms with Crippen molar-refractivity contribution in [2.45, 2.75) is 36.6 Å². The molecule has 2 heterocycles. The Morgan fingerprint density at radius 2 is 1.78 bits per heavy atom. The van der Waals surface area contributed by atoms with E-state index in [9.17, 15) is 17.2 Å². The molecule has 1 aromatic carbocycles. The summed E-state index contributed by atoms with van der Waals surface area (Å²) in [6.07, 6.45) is 4.37. The molecule has 124 valence electrons. The zero-order valence-electron chi connectivity index (χ0n) is 12.4. The van der Waals surface area contributed by atoms with Crippen molar-refractivity contribution in [2.24, 2.45) is 0 Å². The second-order valence-electron chi connectivity index (χ2n) is 5.55. The molecule has 0 bridgehead atoms. The molecule has 0 spiro atoms. The third-order valence-corrected chi connectivity index (χ3v) is 6.02. The van der Waals surface area contributed by atoms with Gasteiger partial charge < -0.3 is 4.42 Å². The lowest BCUT2D eigenvalue weighted by atomic mass is 10.1. The Hall–Kier alpha value is -1.73. The first-order valence-corrected chi connectivity index (χ1v) is 8.95. The molecule has 0 aliphatic carbocycles. The molecule has 23 heavy (non-hydrogen) atoms. The van der Waals surface area contributed by atoms with Crippen molar-refractivity contribution in [1.29, 1.82) is 0 Å². The number of halogens is 2. The highest BCUT2D eigenvalue weighted by molar-refractivity contribution is 7.89. The predicted octanol–water partition coefficient (Wildman–Crippen LogP) is 3.86. The van der Waals surface area contributed by atoms with Crippen LogP contribution in [0.1, 0.15) is 37.5 Å². The van der Waals surface area contributed by atoms with Crippen LogP contribution in [0.25, 0.3) is 0 Å². The molecule has 7 heteroatoms. The highest BCUT2D eigenvalue weighted by Gasteiger charge is 2.37. The molecule has 0 amide bonds. The summed E-state index contributed by atoms with van der Waals surface area (Å²) in [5, 5.41) is 0. The van der Waals surface area contributed by atoms with E-state index in [1.165, 1.54) is 10.6 Å². The van der Waals surface area contributed by atoms with Gasteiger partial charge in [0.1, 0.15) is 17.4 Å². The van der Waals surface area contributed by atoms with Gasteiger partial charge in [0.25, 0.3) is 0 Å². The summed E-state index contributed by atoms with van der Waals surface area (Å²) >= 11 is 0. The van der Waals surface area contributed by atoms with Gasteiger partial charge in [0.15, 0.2) is 4.90 Å². The topological polar surface area (TPSA) is 50.5 Å². The maximum absolute atomic E-state index is 14.0. The SMILES string of the molecule is O=S(=O)(c1c(F)cccc1F)N1CCCCC[C@@H]1c1ccco1. The quantitative estimate of drug-likeness (QED) is 0.852. The van der Waals surface area contributed by atoms with E-state index in [0.717, 1.165) is 31.0 Å². The minimum atomic E-state index is -4.30. The van der Waals surface area contributed by atoms with Crippen LogP contribution in [0.4, 0.5) is 8.78 Å². The van der Waals surface area contributed by atoms with Gasteiger partial charge in [-0.15, -0.1) is 0 Å². The van der Waals surface area contributed by atoms with Crippen molar-refractivity contribution in [2.75, 3.05) is 6.54 Å². The molecule has 0 N–H and O–H groups in total. The monoisotopic (exact) mass is 341 g/mol. The fraction of sp³-hybridized carbons (Fsp3) is 0.375. The van der Waals surface area contributed by atoms with Gasteiger partial charge in [0.2, 0.25) is 10.0 Å². The van der Waals surface area contributed by atoms with E-state index in [1.54, 1.807) is 12.1 Å². The number of benzene rings is 1. The number of furan rings is 1. The third kappa shape index (κ3) is 3.03. The minimum Gasteiger partial charge on any atom is -0.468 e. The van der Waals surface area contributed by atoms with Gasteiger partial charge in [-0.3, -0.25) is 0 Å². The Labute approximate surface area is 133 Å². The lowest BCUT2D eigenvalue weighted by Crippen LogP contribution is -2.35. The first-order valence-electron chi connectivity index (χ1n) is 7.51. The van der Waals surface area contributed by atoms with E-state index in [4.69, 9.17) is 4.42 Å². The lowest BCUT2D eigenvalue weighted by Gasteiger charge is -2.28. The van der Waals surface area contributed by atoms with Crippen LogP contribution in [0, 0.1) is 11.6 Å². The maximum Gasteiger partial charge on any atom is 0.249 e. The molecule has 0 saturated carbocycles. The second kappa shape index (κ2) is 6.41. The molecule has 0 radical (unpaired) electrons. The van der Waals surface area contributed by atoms with Gasteiger partial charge in [0.05, 0.1) is 12.3 Å². The van der Waals surface area contributed by atoms with Crippen LogP contribution in [-0.4, -0.2) is 19.3 Å². The largest absolute Gasteiger partial charge is 0.468 e. The lowest BCUT2D eigenvalue weighted by molar-refractivity contribution is 0.283. The Kier molecular flexibility index (Phi) is 4.50. The Balaban J connectivity index is 2.08. The molecule has 1 aliphatic heterocycles. The maximum atomic E-state index is 14.0. The number of sulfonamides is 1. The van der Waals surface area contributed by atoms with Crippen LogP contribution < -0.4 is 0 Å². The average Bonchev–Trinajstić information content (AvgIpc) is 2.90. The van der Waals surface area contributed by atoms with Gasteiger partial charge >= 0.3 is 0 Å². The summed E-state index contributed by atoms with van der Waals surface area (Å²) in [6, 6.07) is 5.88. The molecule has 2 aromatic rings. The van der Waals surface area contributed by atoms with E-state index in [2.05, 4.69) is 0 Å². The number of hydrogen-bond donors (Lipinski definition) is 0. The van der Waals surface area contributed by atoms with Crippen LogP contribution in [0.2, 0.25) is 0 Å². The molecular formula is C16H17F2NO3S. The normalized spacial score (nSPS) is 20.3. The fourth-order valence-corrected chi connectivity index (χ4v) is 4.76. The summed E-state index contributed by atoms with van der Waals surface area (Å²) in [5.74, 6) is -1.66. The first-order chi connectivity index (χ1) is 11.0. The van der Waals surface area contributed by atoms with Crippen molar-refractivity contribution in [3.8, 4) is 0 Å². The molecule has 0 unspecified atom stereocenters. The van der Waals surface area contributed by atoms with E-state index < -0.39 is 32.6 Å². The molecule has 1 atom stereocenters. The van der Waals surface area contributed by atoms with Crippen LogP contribution >= 0.6 is 0 Å². The molecular weight excluding hydrogens is 324 g/mol. The molecule has 1 aromatic heterocycles. The summed E-state index contributed by atoms with van der Waals surface area (Å²) in [7, 11) is -4.30. The first kappa shape index (κ1) is 16.1. The minimum absolute atomic E-state index is 0.210. The van der Waals surface area contributed by atoms with Gasteiger partial charge in [-0.05, 0) is 37.1 Å². The zero-order valence-corrected chi connectivity index (χ0v) is 13.2. The standard InChI is InChI=1S/C16H17F2NO3S/c17-12-6-4-7-13(18)16(12)23(20,21)19-10-3-1-2-8-14(19)15-9-5-11-22-15/h4-7,9,11,14H,1-3,8,10H2/t14-/m1/s1. The molecule has 1 fully saturated rings. The van der Waals surface area contributed by atoms with Gasteiger partial charge in [-0.2, -0.15) is 4.31 Å². The van der Waals surface area contributed by atoms with E-state index in [0.29, 0.717) is 18.6 Å². The number of hydrogen-bond acceptors (Lipinski definition) is 3. The third-order valence-electron chi connectivity index (χ3n) is 4.06. The van der Waals surface area contributed by atoms with Crippen molar-refractivity contribution < 1.29 is 21.6 Å². The highest BCUT2D eigenvalue weighted by atomic mass is 32.2. The Morgan fingerprint density at radius 3 is 2.43 bits per heavy atom. The van der Waals surface area contributed by atoms with E-state index in [-0.39, 0.29) is 6.54 Å². The van der Waals surface area contributed by atoms with Gasteiger partial charge in [-0.25, -0.2) is 17.2 Å². The average molecular weight is 341 g/mol. The fourth-order valence-electron chi connectivity index (χ4n) is 2.98. The van der Waals surface area contributed by atoms with Crippen molar-refractivity contribution in [3.05, 3.63) is 54.0 Å². The van der Waals surface area contributed by atoms with Crippen LogP contribution in [0.3, 0.4) is 0 Å². The number of nitrogens with zero attached hydrogens (tertiary/aromatic N) is 1. The zero-order chi connectivity index (χ0) is 16.4. The number of rotatable bonds is 3. The van der Waals surface area contributed by atoms with E-state index >= 15 is 0 Å². The predicted molar refractivity (Wildman–Crippen MR) is 80.2 cm³/mol. The van der Waals surface area contributed by atoms with E-state index in [1.807, 2.05) is 0 Å². The van der Waals surface area contributed by atoms with Crippen molar-refractivity contribution >= 4 is 10.0 Å². The Bertz CT molecular complexity index is 754. The van der Waals surface area contributed by atoms with Crippen molar-refractivity contribution in [1.82, 2.24) is 4.31 Å². The smallest absolute Gasteiger partial charge is 0.249 e.